The maximum absolute atomic E-state index is 9.86. The number of aliphatic hydroxyl groups is 1. The van der Waals surface area contributed by atoms with E-state index in [9.17, 15) is 5.11 Å². The fourth-order valence-electron chi connectivity index (χ4n) is 2.21. The highest BCUT2D eigenvalue weighted by Gasteiger charge is 2.19. The van der Waals surface area contributed by atoms with Crippen LogP contribution < -0.4 is 0 Å². The van der Waals surface area contributed by atoms with E-state index in [1.807, 2.05) is 0 Å². The topological polar surface area (TPSA) is 20.2 Å². The van der Waals surface area contributed by atoms with Crippen molar-refractivity contribution in [2.24, 2.45) is 5.92 Å². The van der Waals surface area contributed by atoms with Crippen molar-refractivity contribution in [3.05, 3.63) is 0 Å². The summed E-state index contributed by atoms with van der Waals surface area (Å²) in [7, 11) is 0. The molecule has 0 bridgehead atoms. The van der Waals surface area contributed by atoms with Crippen LogP contribution in [0.5, 0.6) is 0 Å². The Morgan fingerprint density at radius 2 is 1.93 bits per heavy atom. The summed E-state index contributed by atoms with van der Waals surface area (Å²) >= 11 is 0. The van der Waals surface area contributed by atoms with E-state index in [0.29, 0.717) is 5.92 Å². The molecule has 1 heteroatoms. The molecule has 86 valence electrons. The monoisotopic (exact) mass is 208 g/mol. The fourth-order valence-corrected chi connectivity index (χ4v) is 2.21. The first-order valence-corrected chi connectivity index (χ1v) is 6.51. The van der Waals surface area contributed by atoms with Gasteiger partial charge in [-0.3, -0.25) is 0 Å². The Hall–Kier alpha value is -0.480. The summed E-state index contributed by atoms with van der Waals surface area (Å²) < 4.78 is 0. The first kappa shape index (κ1) is 12.6. The quantitative estimate of drug-likeness (QED) is 0.553. The van der Waals surface area contributed by atoms with Crippen molar-refractivity contribution in [3.63, 3.8) is 0 Å². The van der Waals surface area contributed by atoms with Crippen molar-refractivity contribution in [3.8, 4) is 11.8 Å². The summed E-state index contributed by atoms with van der Waals surface area (Å²) in [5.74, 6) is 6.59. The molecular weight excluding hydrogens is 184 g/mol. The SMILES string of the molecule is CCCCCC#C[C@H](O)C1CCCCC1. The van der Waals surface area contributed by atoms with Crippen LogP contribution >= 0.6 is 0 Å². The molecule has 1 aliphatic carbocycles. The van der Waals surface area contributed by atoms with Gasteiger partial charge in [0.15, 0.2) is 0 Å². The molecule has 1 N–H and O–H groups in total. The second-order valence-electron chi connectivity index (χ2n) is 4.62. The third-order valence-electron chi connectivity index (χ3n) is 3.25. The zero-order valence-corrected chi connectivity index (χ0v) is 9.97. The maximum Gasteiger partial charge on any atom is 0.117 e. The van der Waals surface area contributed by atoms with Crippen LogP contribution in [0.2, 0.25) is 0 Å². The average molecular weight is 208 g/mol. The molecule has 0 amide bonds. The second-order valence-corrected chi connectivity index (χ2v) is 4.62. The Bertz CT molecular complexity index is 205. The smallest absolute Gasteiger partial charge is 0.117 e. The number of rotatable bonds is 4. The van der Waals surface area contributed by atoms with Gasteiger partial charge in [0.25, 0.3) is 0 Å². The minimum atomic E-state index is -0.355. The van der Waals surface area contributed by atoms with Crippen LogP contribution in [0.3, 0.4) is 0 Å². The average Bonchev–Trinajstić information content (AvgIpc) is 2.30. The van der Waals surface area contributed by atoms with Gasteiger partial charge in [-0.15, -0.1) is 5.92 Å². The first-order chi connectivity index (χ1) is 7.34. The van der Waals surface area contributed by atoms with Gasteiger partial charge in [-0.05, 0) is 25.2 Å². The van der Waals surface area contributed by atoms with E-state index in [1.165, 1.54) is 51.4 Å². The van der Waals surface area contributed by atoms with Crippen LogP contribution in [-0.2, 0) is 0 Å². The molecule has 0 aliphatic heterocycles. The van der Waals surface area contributed by atoms with Crippen molar-refractivity contribution in [2.75, 3.05) is 0 Å². The van der Waals surface area contributed by atoms with Gasteiger partial charge < -0.3 is 5.11 Å². The van der Waals surface area contributed by atoms with Gasteiger partial charge in [0, 0.05) is 6.42 Å². The Morgan fingerprint density at radius 3 is 2.60 bits per heavy atom. The van der Waals surface area contributed by atoms with Gasteiger partial charge in [-0.25, -0.2) is 0 Å². The zero-order chi connectivity index (χ0) is 10.9. The Morgan fingerprint density at radius 1 is 1.20 bits per heavy atom. The standard InChI is InChI=1S/C14H24O/c1-2-3-4-5-9-12-14(15)13-10-7-6-8-11-13/h13-15H,2-8,10-11H2,1H3/t14-/m0/s1. The number of unbranched alkanes of at least 4 members (excludes halogenated alkanes) is 3. The molecule has 0 heterocycles. The molecule has 0 saturated heterocycles. The fraction of sp³-hybridized carbons (Fsp3) is 0.857. The van der Waals surface area contributed by atoms with Crippen LogP contribution in [0, 0.1) is 17.8 Å². The van der Waals surface area contributed by atoms with Crippen LogP contribution in [0.25, 0.3) is 0 Å². The third kappa shape index (κ3) is 5.23. The lowest BCUT2D eigenvalue weighted by Gasteiger charge is -2.23. The Balaban J connectivity index is 2.17. The zero-order valence-electron chi connectivity index (χ0n) is 9.97. The van der Waals surface area contributed by atoms with Crippen molar-refractivity contribution < 1.29 is 5.11 Å². The van der Waals surface area contributed by atoms with Crippen molar-refractivity contribution in [1.82, 2.24) is 0 Å². The second kappa shape index (κ2) is 7.77. The lowest BCUT2D eigenvalue weighted by molar-refractivity contribution is 0.133. The van der Waals surface area contributed by atoms with Gasteiger partial charge in [-0.2, -0.15) is 0 Å². The molecule has 0 aromatic carbocycles. The molecule has 1 aliphatic rings. The van der Waals surface area contributed by atoms with E-state index in [1.54, 1.807) is 0 Å². The van der Waals surface area contributed by atoms with Gasteiger partial charge in [-0.1, -0.05) is 44.9 Å². The van der Waals surface area contributed by atoms with E-state index in [4.69, 9.17) is 0 Å². The highest BCUT2D eigenvalue weighted by molar-refractivity contribution is 5.06. The van der Waals surface area contributed by atoms with Gasteiger partial charge in [0.2, 0.25) is 0 Å². The minimum Gasteiger partial charge on any atom is -0.380 e. The predicted octanol–water partition coefficient (Wildman–Crippen LogP) is 3.51. The summed E-state index contributed by atoms with van der Waals surface area (Å²) in [4.78, 5) is 0. The van der Waals surface area contributed by atoms with Crippen molar-refractivity contribution >= 4 is 0 Å². The summed E-state index contributed by atoms with van der Waals surface area (Å²) in [6, 6.07) is 0. The molecular formula is C14H24O. The lowest BCUT2D eigenvalue weighted by Crippen LogP contribution is -2.21. The minimum absolute atomic E-state index is 0.355. The van der Waals surface area contributed by atoms with Gasteiger partial charge >= 0.3 is 0 Å². The Kier molecular flexibility index (Phi) is 6.52. The van der Waals surface area contributed by atoms with Gasteiger partial charge in [0.05, 0.1) is 0 Å². The van der Waals surface area contributed by atoms with Crippen molar-refractivity contribution in [2.45, 2.75) is 70.8 Å². The highest BCUT2D eigenvalue weighted by atomic mass is 16.3. The molecule has 0 aromatic heterocycles. The van der Waals surface area contributed by atoms with Crippen LogP contribution in [0.1, 0.15) is 64.7 Å². The predicted molar refractivity (Wildman–Crippen MR) is 64.5 cm³/mol. The molecule has 15 heavy (non-hydrogen) atoms. The molecule has 1 nitrogen and oxygen atoms in total. The molecule has 0 aromatic rings. The largest absolute Gasteiger partial charge is 0.380 e. The molecule has 1 saturated carbocycles. The third-order valence-corrected chi connectivity index (χ3v) is 3.25. The van der Waals surface area contributed by atoms with Crippen LogP contribution in [0.4, 0.5) is 0 Å². The summed E-state index contributed by atoms with van der Waals surface area (Å²) in [5, 5.41) is 9.86. The summed E-state index contributed by atoms with van der Waals surface area (Å²) in [6.45, 7) is 2.20. The van der Waals surface area contributed by atoms with E-state index in [0.717, 1.165) is 6.42 Å². The highest BCUT2D eigenvalue weighted by Crippen LogP contribution is 2.26. The Labute approximate surface area is 94.3 Å². The van der Waals surface area contributed by atoms with Crippen molar-refractivity contribution in [1.29, 1.82) is 0 Å². The molecule has 1 fully saturated rings. The van der Waals surface area contributed by atoms with E-state index in [2.05, 4.69) is 18.8 Å². The molecule has 0 radical (unpaired) electrons. The van der Waals surface area contributed by atoms with E-state index < -0.39 is 0 Å². The summed E-state index contributed by atoms with van der Waals surface area (Å²) in [6.07, 6.45) is 10.5. The van der Waals surface area contributed by atoms with Crippen LogP contribution in [0.15, 0.2) is 0 Å². The number of aliphatic hydroxyl groups excluding tert-OH is 1. The first-order valence-electron chi connectivity index (χ1n) is 6.51. The molecule has 0 unspecified atom stereocenters. The normalized spacial score (nSPS) is 19.3. The van der Waals surface area contributed by atoms with Crippen LogP contribution in [-0.4, -0.2) is 11.2 Å². The lowest BCUT2D eigenvalue weighted by atomic mass is 9.85. The molecule has 0 spiro atoms. The molecule has 1 atom stereocenters. The van der Waals surface area contributed by atoms with Gasteiger partial charge in [0.1, 0.15) is 6.10 Å². The molecule has 1 rings (SSSR count). The van der Waals surface area contributed by atoms with E-state index in [-0.39, 0.29) is 6.10 Å². The van der Waals surface area contributed by atoms with E-state index >= 15 is 0 Å². The summed E-state index contributed by atoms with van der Waals surface area (Å²) in [5.41, 5.74) is 0. The number of hydrogen-bond donors (Lipinski definition) is 1. The maximum atomic E-state index is 9.86. The number of hydrogen-bond acceptors (Lipinski definition) is 1.